The highest BCUT2D eigenvalue weighted by molar-refractivity contribution is 7.17. The molecule has 52 heavy (non-hydrogen) atoms. The summed E-state index contributed by atoms with van der Waals surface area (Å²) in [6.45, 7) is 23.5. The van der Waals surface area contributed by atoms with Crippen LogP contribution in [0.3, 0.4) is 0 Å². The maximum Gasteiger partial charge on any atom is 0.258 e. The van der Waals surface area contributed by atoms with Gasteiger partial charge in [-0.15, -0.1) is 11.3 Å². The number of rotatable bonds is 4. The minimum atomic E-state index is 0.471. The van der Waals surface area contributed by atoms with Gasteiger partial charge >= 0.3 is 0 Å². The Bertz CT molecular complexity index is 2380. The van der Waals surface area contributed by atoms with Gasteiger partial charge in [0, 0.05) is 47.6 Å². The molecule has 0 aliphatic carbocycles. The quantitative estimate of drug-likeness (QED) is 0.179. The second-order valence-corrected chi connectivity index (χ2v) is 15.2. The van der Waals surface area contributed by atoms with Gasteiger partial charge in [-0.25, -0.2) is 14.5 Å². The zero-order chi connectivity index (χ0) is 37.5. The molecule has 1 aromatic carbocycles. The Hall–Kier alpha value is -5.02. The molecular weight excluding hydrogens is 663 g/mol. The van der Waals surface area contributed by atoms with Gasteiger partial charge in [-0.3, -0.25) is 9.97 Å². The molecule has 0 amide bonds. The number of aromatic nitrogens is 7. The molecule has 8 rings (SSSR count). The Morgan fingerprint density at radius 2 is 1.40 bits per heavy atom. The SMILES string of the molecule is CC(C)c1cccc2cnccc12.CC(C)c1ccnc2ccsc12.Cc1cc(C(C)C)n2nc(C)cc2n1.Cc1noc2nccc(C(C)C)c12. The molecule has 8 nitrogen and oxygen atoms in total. The van der Waals surface area contributed by atoms with Gasteiger partial charge in [0.05, 0.1) is 27.0 Å². The summed E-state index contributed by atoms with van der Waals surface area (Å²) in [4.78, 5) is 17.0. The molecule has 0 fully saturated rings. The lowest BCUT2D eigenvalue weighted by molar-refractivity contribution is 0.443. The van der Waals surface area contributed by atoms with Crippen LogP contribution in [0.25, 0.3) is 37.7 Å². The Morgan fingerprint density at radius 3 is 2.12 bits per heavy atom. The zero-order valence-corrected chi connectivity index (χ0v) is 33.2. The maximum atomic E-state index is 5.08. The first-order valence-corrected chi connectivity index (χ1v) is 18.9. The van der Waals surface area contributed by atoms with Crippen LogP contribution in [0.4, 0.5) is 0 Å². The van der Waals surface area contributed by atoms with Crippen LogP contribution in [0.5, 0.6) is 0 Å². The summed E-state index contributed by atoms with van der Waals surface area (Å²) in [5, 5.41) is 14.1. The van der Waals surface area contributed by atoms with E-state index in [0.717, 1.165) is 33.6 Å². The lowest BCUT2D eigenvalue weighted by atomic mass is 9.97. The summed E-state index contributed by atoms with van der Waals surface area (Å²) < 4.78 is 8.36. The van der Waals surface area contributed by atoms with Crippen molar-refractivity contribution in [1.29, 1.82) is 0 Å². The number of nitrogens with zero attached hydrogens (tertiary/aromatic N) is 7. The molecule has 0 unspecified atom stereocenters. The predicted octanol–water partition coefficient (Wildman–Crippen LogP) is 11.9. The molecule has 0 N–H and O–H groups in total. The van der Waals surface area contributed by atoms with Gasteiger partial charge in [-0.05, 0) is 102 Å². The summed E-state index contributed by atoms with van der Waals surface area (Å²) in [6.07, 6.45) is 7.43. The van der Waals surface area contributed by atoms with Crippen molar-refractivity contribution >= 4 is 49.1 Å². The number of fused-ring (bicyclic) bond motifs is 4. The first-order chi connectivity index (χ1) is 24.8. The second kappa shape index (κ2) is 17.0. The number of hydrogen-bond acceptors (Lipinski definition) is 8. The second-order valence-electron chi connectivity index (χ2n) is 14.3. The molecule has 8 aromatic rings. The smallest absolute Gasteiger partial charge is 0.258 e. The van der Waals surface area contributed by atoms with Crippen LogP contribution in [-0.2, 0) is 0 Å². The number of pyridine rings is 3. The van der Waals surface area contributed by atoms with E-state index in [0.29, 0.717) is 29.4 Å². The molecule has 0 bridgehead atoms. The van der Waals surface area contributed by atoms with E-state index in [1.807, 2.05) is 56.0 Å². The van der Waals surface area contributed by atoms with Crippen molar-refractivity contribution in [2.75, 3.05) is 0 Å². The topological polar surface area (TPSA) is 94.9 Å². The van der Waals surface area contributed by atoms with E-state index in [9.17, 15) is 0 Å². The third-order valence-electron chi connectivity index (χ3n) is 8.83. The summed E-state index contributed by atoms with van der Waals surface area (Å²) in [5.74, 6) is 2.11. The van der Waals surface area contributed by atoms with E-state index >= 15 is 0 Å². The van der Waals surface area contributed by atoms with E-state index in [-0.39, 0.29) is 0 Å². The van der Waals surface area contributed by atoms with Crippen LogP contribution in [0, 0.1) is 20.8 Å². The van der Waals surface area contributed by atoms with Gasteiger partial charge in [0.2, 0.25) is 0 Å². The number of benzene rings is 1. The minimum absolute atomic E-state index is 0.471. The molecule has 270 valence electrons. The fraction of sp³-hybridized carbons (Fsp3) is 0.349. The summed E-state index contributed by atoms with van der Waals surface area (Å²) in [5.41, 5.74) is 11.0. The molecule has 0 atom stereocenters. The van der Waals surface area contributed by atoms with Crippen molar-refractivity contribution in [1.82, 2.24) is 34.7 Å². The molecule has 0 spiro atoms. The lowest BCUT2D eigenvalue weighted by Crippen LogP contribution is -2.03. The van der Waals surface area contributed by atoms with E-state index < -0.39 is 0 Å². The third kappa shape index (κ3) is 8.88. The molecule has 0 saturated carbocycles. The number of aryl methyl sites for hydroxylation is 3. The molecule has 0 saturated heterocycles. The highest BCUT2D eigenvalue weighted by Crippen LogP contribution is 2.28. The first kappa shape index (κ1) is 38.2. The summed E-state index contributed by atoms with van der Waals surface area (Å²) in [6, 6.07) is 18.8. The van der Waals surface area contributed by atoms with Crippen LogP contribution < -0.4 is 0 Å². The van der Waals surface area contributed by atoms with Crippen LogP contribution in [0.2, 0.25) is 0 Å². The van der Waals surface area contributed by atoms with Gasteiger partial charge < -0.3 is 4.52 Å². The van der Waals surface area contributed by atoms with E-state index in [1.54, 1.807) is 17.5 Å². The third-order valence-corrected chi connectivity index (χ3v) is 9.78. The van der Waals surface area contributed by atoms with Crippen molar-refractivity contribution in [2.45, 2.75) is 99.8 Å². The lowest BCUT2D eigenvalue weighted by Gasteiger charge is -2.08. The van der Waals surface area contributed by atoms with Crippen LogP contribution in [0.15, 0.2) is 89.3 Å². The van der Waals surface area contributed by atoms with Gasteiger partial charge in [-0.2, -0.15) is 5.10 Å². The van der Waals surface area contributed by atoms with Crippen molar-refractivity contribution in [3.63, 3.8) is 0 Å². The van der Waals surface area contributed by atoms with Gasteiger partial charge in [0.15, 0.2) is 5.65 Å². The molecular formula is C43H51N7OS. The fourth-order valence-electron chi connectivity index (χ4n) is 6.18. The highest BCUT2D eigenvalue weighted by atomic mass is 32.1. The Morgan fingerprint density at radius 1 is 0.692 bits per heavy atom. The molecule has 0 aliphatic heterocycles. The Balaban J connectivity index is 0.000000134. The summed E-state index contributed by atoms with van der Waals surface area (Å²) in [7, 11) is 0. The average molecular weight is 714 g/mol. The van der Waals surface area contributed by atoms with Gasteiger partial charge in [-0.1, -0.05) is 78.7 Å². The molecule has 7 heterocycles. The largest absolute Gasteiger partial charge is 0.336 e. The first-order valence-electron chi connectivity index (χ1n) is 18.0. The van der Waals surface area contributed by atoms with Crippen molar-refractivity contribution in [2.24, 2.45) is 0 Å². The van der Waals surface area contributed by atoms with Gasteiger partial charge in [0.25, 0.3) is 5.71 Å². The highest BCUT2D eigenvalue weighted by Gasteiger charge is 2.12. The van der Waals surface area contributed by atoms with E-state index in [1.165, 1.54) is 37.9 Å². The maximum absolute atomic E-state index is 5.08. The van der Waals surface area contributed by atoms with Crippen molar-refractivity contribution in [3.8, 4) is 0 Å². The van der Waals surface area contributed by atoms with Crippen LogP contribution in [0.1, 0.15) is 119 Å². The van der Waals surface area contributed by atoms with E-state index in [2.05, 4.69) is 133 Å². The van der Waals surface area contributed by atoms with Gasteiger partial charge in [0.1, 0.15) is 0 Å². The number of thiophene rings is 1. The molecule has 0 aliphatic rings. The Labute approximate surface area is 311 Å². The van der Waals surface area contributed by atoms with Crippen LogP contribution in [-0.4, -0.2) is 34.7 Å². The number of hydrogen-bond donors (Lipinski definition) is 0. The normalized spacial score (nSPS) is 11.3. The minimum Gasteiger partial charge on any atom is -0.336 e. The summed E-state index contributed by atoms with van der Waals surface area (Å²) >= 11 is 1.78. The Kier molecular flexibility index (Phi) is 12.5. The van der Waals surface area contributed by atoms with E-state index in [4.69, 9.17) is 4.52 Å². The standard InChI is InChI=1S/C12H13N.C11H15N3.C10H12N2O.C10H11NS/c1-9(2)11-5-3-4-10-8-13-7-6-12(10)11;1-7(2)10-5-8(3)12-11-6-9(4)13-14(10)11;1-6(2)8-4-5-11-10-9(8)7(3)12-13-10;1-7(2)8-3-5-11-9-4-6-12-10(8)9/h3-9H,1-2H3;5-7H,1-4H3;4-6H,1-3H3;3-7H,1-2H3. The van der Waals surface area contributed by atoms with Crippen molar-refractivity contribution in [3.05, 3.63) is 124 Å². The molecule has 9 heteroatoms. The monoisotopic (exact) mass is 713 g/mol. The fourth-order valence-corrected chi connectivity index (χ4v) is 7.20. The zero-order valence-electron chi connectivity index (χ0n) is 32.3. The molecule has 7 aromatic heterocycles. The van der Waals surface area contributed by atoms with Crippen LogP contribution >= 0.6 is 11.3 Å². The predicted molar refractivity (Wildman–Crippen MR) is 217 cm³/mol. The molecule has 0 radical (unpaired) electrons. The average Bonchev–Trinajstić information content (AvgIpc) is 3.86. The van der Waals surface area contributed by atoms with Crippen molar-refractivity contribution < 1.29 is 4.52 Å².